The summed E-state index contributed by atoms with van der Waals surface area (Å²) in [5.74, 6) is 1.83. The largest absolute Gasteiger partial charge is 0.355 e. The Balaban J connectivity index is 1.40. The van der Waals surface area contributed by atoms with Crippen molar-refractivity contribution in [3.05, 3.63) is 70.5 Å². The molecule has 0 bridgehead atoms. The van der Waals surface area contributed by atoms with Crippen molar-refractivity contribution in [1.29, 1.82) is 0 Å². The first-order valence-electron chi connectivity index (χ1n) is 12.4. The lowest BCUT2D eigenvalue weighted by Gasteiger charge is -2.41. The van der Waals surface area contributed by atoms with Gasteiger partial charge in [-0.3, -0.25) is 4.98 Å². The molecule has 0 unspecified atom stereocenters. The molecular weight excluding hydrogens is 463 g/mol. The summed E-state index contributed by atoms with van der Waals surface area (Å²) in [6.07, 6.45) is 15.9. The lowest BCUT2D eigenvalue weighted by Crippen LogP contribution is -2.47. The lowest BCUT2D eigenvalue weighted by atomic mass is 9.95. The second-order valence-electron chi connectivity index (χ2n) is 9.71. The maximum absolute atomic E-state index is 6.29. The molecule has 2 aliphatic heterocycles. The third-order valence-electron chi connectivity index (χ3n) is 7.33. The summed E-state index contributed by atoms with van der Waals surface area (Å²) in [6.45, 7) is 6.92. The Morgan fingerprint density at radius 3 is 2.35 bits per heavy atom. The fourth-order valence-electron chi connectivity index (χ4n) is 5.17. The predicted molar refractivity (Wildman–Crippen MR) is 143 cm³/mol. The smallest absolute Gasteiger partial charge is 0.147 e. The maximum Gasteiger partial charge on any atom is 0.147 e. The number of halogens is 2. The average molecular weight is 495 g/mol. The van der Waals surface area contributed by atoms with Crippen molar-refractivity contribution >= 4 is 34.6 Å². The first-order chi connectivity index (χ1) is 16.6. The molecule has 0 atom stereocenters. The number of hydrogen-bond acceptors (Lipinski definition) is 4. The van der Waals surface area contributed by atoms with Gasteiger partial charge in [0.25, 0.3) is 0 Å². The Hall–Kier alpha value is -2.14. The summed E-state index contributed by atoms with van der Waals surface area (Å²) in [5.41, 5.74) is 3.77. The predicted octanol–water partition coefficient (Wildman–Crippen LogP) is 6.96. The van der Waals surface area contributed by atoms with Gasteiger partial charge in [-0.05, 0) is 62.9 Å². The van der Waals surface area contributed by atoms with Crippen molar-refractivity contribution in [1.82, 2.24) is 14.9 Å². The van der Waals surface area contributed by atoms with Crippen LogP contribution in [0.15, 0.2) is 59.8 Å². The summed E-state index contributed by atoms with van der Waals surface area (Å²) in [7, 11) is 0. The molecule has 6 heteroatoms. The van der Waals surface area contributed by atoms with Crippen molar-refractivity contribution < 1.29 is 0 Å². The van der Waals surface area contributed by atoms with Gasteiger partial charge in [-0.15, -0.1) is 0 Å². The van der Waals surface area contributed by atoms with Crippen molar-refractivity contribution in [3.8, 4) is 11.3 Å². The standard InChI is InChI=1S/C28H32Cl2N4/c1-20-11-15-33(16-12-20)25-13-17-34(18-14-25)26-19-31-27(22-6-9-24(30)10-7-22)28(32-26)21-3-2-4-23(29)8-5-21/h2-3,5-10,19-20,25H,4,11-18H2,1H3. The van der Waals surface area contributed by atoms with Crippen LogP contribution in [0.25, 0.3) is 16.8 Å². The second kappa shape index (κ2) is 10.6. The van der Waals surface area contributed by atoms with E-state index in [0.717, 1.165) is 58.8 Å². The second-order valence-corrected chi connectivity index (χ2v) is 10.6. The van der Waals surface area contributed by atoms with E-state index in [1.165, 1.54) is 38.8 Å². The Labute approximate surface area is 213 Å². The van der Waals surface area contributed by atoms with Crippen molar-refractivity contribution in [2.45, 2.75) is 45.1 Å². The van der Waals surface area contributed by atoms with Crippen molar-refractivity contribution in [2.75, 3.05) is 31.1 Å². The highest BCUT2D eigenvalue weighted by Gasteiger charge is 2.28. The number of aromatic nitrogens is 2. The van der Waals surface area contributed by atoms with Crippen LogP contribution in [0.1, 0.15) is 44.7 Å². The van der Waals surface area contributed by atoms with Crippen LogP contribution in [0.5, 0.6) is 0 Å². The summed E-state index contributed by atoms with van der Waals surface area (Å²) >= 11 is 12.4. The van der Waals surface area contributed by atoms with Gasteiger partial charge in [0.2, 0.25) is 0 Å². The molecule has 0 amide bonds. The first kappa shape index (κ1) is 23.6. The molecule has 0 saturated carbocycles. The number of benzene rings is 1. The number of allylic oxidation sites excluding steroid dienone is 6. The van der Waals surface area contributed by atoms with Crippen LogP contribution in [0, 0.1) is 5.92 Å². The summed E-state index contributed by atoms with van der Waals surface area (Å²) in [6, 6.07) is 8.51. The molecule has 2 saturated heterocycles. The van der Waals surface area contributed by atoms with E-state index in [0.29, 0.717) is 11.1 Å². The van der Waals surface area contributed by atoms with E-state index in [2.05, 4.69) is 28.9 Å². The minimum absolute atomic E-state index is 0.698. The highest BCUT2D eigenvalue weighted by Crippen LogP contribution is 2.32. The molecule has 34 heavy (non-hydrogen) atoms. The van der Waals surface area contributed by atoms with E-state index in [-0.39, 0.29) is 0 Å². The van der Waals surface area contributed by atoms with Gasteiger partial charge in [0, 0.05) is 46.7 Å². The lowest BCUT2D eigenvalue weighted by molar-refractivity contribution is 0.120. The van der Waals surface area contributed by atoms with Crippen molar-refractivity contribution in [2.24, 2.45) is 5.92 Å². The molecule has 4 nitrogen and oxygen atoms in total. The third-order valence-corrected chi connectivity index (χ3v) is 7.86. The van der Waals surface area contributed by atoms with Gasteiger partial charge in [0.05, 0.1) is 17.6 Å². The Morgan fingerprint density at radius 1 is 0.882 bits per heavy atom. The van der Waals surface area contributed by atoms with Gasteiger partial charge >= 0.3 is 0 Å². The van der Waals surface area contributed by atoms with Crippen LogP contribution in [0.3, 0.4) is 0 Å². The summed E-state index contributed by atoms with van der Waals surface area (Å²) in [5, 5.41) is 1.53. The SMILES string of the molecule is CC1CCN(C2CCN(c3cnc(-c4ccc(Cl)cc4)c(C4=CC=C(Cl)CC=C4)n3)CC2)CC1. The number of anilines is 1. The number of piperidine rings is 2. The van der Waals surface area contributed by atoms with Gasteiger partial charge in [0.1, 0.15) is 5.82 Å². The number of nitrogens with zero attached hydrogens (tertiary/aromatic N) is 4. The van der Waals surface area contributed by atoms with Gasteiger partial charge in [0.15, 0.2) is 0 Å². The molecule has 0 radical (unpaired) electrons. The van der Waals surface area contributed by atoms with E-state index < -0.39 is 0 Å². The van der Waals surface area contributed by atoms with Gasteiger partial charge < -0.3 is 9.80 Å². The van der Waals surface area contributed by atoms with E-state index in [1.54, 1.807) is 0 Å². The normalized spacial score (nSPS) is 20.7. The van der Waals surface area contributed by atoms with Gasteiger partial charge in [-0.25, -0.2) is 4.98 Å². The van der Waals surface area contributed by atoms with Crippen LogP contribution in [0.4, 0.5) is 5.82 Å². The zero-order chi connectivity index (χ0) is 23.5. The summed E-state index contributed by atoms with van der Waals surface area (Å²) in [4.78, 5) is 15.2. The van der Waals surface area contributed by atoms with Gasteiger partial charge in [-0.1, -0.05) is 60.5 Å². The molecular formula is C28H32Cl2N4. The third kappa shape index (κ3) is 5.40. The molecule has 2 aromatic rings. The molecule has 1 aromatic carbocycles. The molecule has 3 heterocycles. The zero-order valence-corrected chi connectivity index (χ0v) is 21.3. The van der Waals surface area contributed by atoms with E-state index >= 15 is 0 Å². The first-order valence-corrected chi connectivity index (χ1v) is 13.2. The number of likely N-dealkylation sites (tertiary alicyclic amines) is 1. The molecule has 0 spiro atoms. The fourth-order valence-corrected chi connectivity index (χ4v) is 5.44. The fraction of sp³-hybridized carbons (Fsp3) is 0.429. The van der Waals surface area contributed by atoms with Crippen LogP contribution >= 0.6 is 23.2 Å². The van der Waals surface area contributed by atoms with E-state index in [1.807, 2.05) is 42.6 Å². The maximum atomic E-state index is 6.29. The minimum atomic E-state index is 0.698. The van der Waals surface area contributed by atoms with Gasteiger partial charge in [-0.2, -0.15) is 0 Å². The summed E-state index contributed by atoms with van der Waals surface area (Å²) < 4.78 is 0. The Morgan fingerprint density at radius 2 is 1.62 bits per heavy atom. The van der Waals surface area contributed by atoms with E-state index in [9.17, 15) is 0 Å². The topological polar surface area (TPSA) is 32.3 Å². The average Bonchev–Trinajstić information content (AvgIpc) is 3.09. The van der Waals surface area contributed by atoms with Crippen LogP contribution < -0.4 is 4.90 Å². The molecule has 1 aromatic heterocycles. The van der Waals surface area contributed by atoms with Crippen LogP contribution in [-0.4, -0.2) is 47.1 Å². The quantitative estimate of drug-likeness (QED) is 0.459. The zero-order valence-electron chi connectivity index (χ0n) is 19.8. The van der Waals surface area contributed by atoms with Crippen molar-refractivity contribution in [3.63, 3.8) is 0 Å². The molecule has 1 aliphatic carbocycles. The Bertz CT molecular complexity index is 1090. The highest BCUT2D eigenvalue weighted by molar-refractivity contribution is 6.30. The number of rotatable bonds is 4. The number of hydrogen-bond donors (Lipinski definition) is 0. The molecule has 2 fully saturated rings. The monoisotopic (exact) mass is 494 g/mol. The van der Waals surface area contributed by atoms with E-state index in [4.69, 9.17) is 33.2 Å². The molecule has 178 valence electrons. The molecule has 3 aliphatic rings. The molecule has 0 N–H and O–H groups in total. The molecule has 5 rings (SSSR count). The Kier molecular flexibility index (Phi) is 7.38. The highest BCUT2D eigenvalue weighted by atomic mass is 35.5. The van der Waals surface area contributed by atoms with Crippen LogP contribution in [-0.2, 0) is 0 Å². The minimum Gasteiger partial charge on any atom is -0.355 e. The van der Waals surface area contributed by atoms with Crippen LogP contribution in [0.2, 0.25) is 5.02 Å².